The molecular formula is C16H23N5. The van der Waals surface area contributed by atoms with Gasteiger partial charge >= 0.3 is 0 Å². The van der Waals surface area contributed by atoms with Gasteiger partial charge < -0.3 is 15.2 Å². The first-order valence-electron chi connectivity index (χ1n) is 7.67. The number of rotatable bonds is 5. The van der Waals surface area contributed by atoms with Gasteiger partial charge in [0.05, 0.1) is 11.0 Å². The Kier molecular flexibility index (Phi) is 4.08. The topological polar surface area (TPSA) is 54.2 Å². The first-order chi connectivity index (χ1) is 10.3. The van der Waals surface area contributed by atoms with E-state index in [1.165, 1.54) is 18.4 Å². The number of aliphatic imine (C=N–C) groups is 1. The highest BCUT2D eigenvalue weighted by molar-refractivity contribution is 5.80. The summed E-state index contributed by atoms with van der Waals surface area (Å²) in [5.41, 5.74) is 2.30. The third-order valence-electron chi connectivity index (χ3n) is 3.84. The van der Waals surface area contributed by atoms with Crippen molar-refractivity contribution in [2.24, 2.45) is 4.99 Å². The number of hydrogen-bond donors (Lipinski definition) is 2. The molecule has 0 atom stereocenters. The van der Waals surface area contributed by atoms with E-state index < -0.39 is 0 Å². The minimum atomic E-state index is 0.635. The predicted octanol–water partition coefficient (Wildman–Crippen LogP) is 2.06. The second-order valence-corrected chi connectivity index (χ2v) is 5.57. The monoisotopic (exact) mass is 285 g/mol. The van der Waals surface area contributed by atoms with Crippen LogP contribution in [0.1, 0.15) is 25.1 Å². The fourth-order valence-corrected chi connectivity index (χ4v) is 2.54. The number of imidazole rings is 1. The van der Waals surface area contributed by atoms with Gasteiger partial charge in [-0.3, -0.25) is 4.99 Å². The molecule has 1 aliphatic carbocycles. The number of hydrogen-bond acceptors (Lipinski definition) is 2. The smallest absolute Gasteiger partial charge is 0.191 e. The molecule has 112 valence electrons. The molecule has 2 aromatic rings. The maximum atomic E-state index is 4.60. The number of benzene rings is 1. The minimum Gasteiger partial charge on any atom is -0.356 e. The van der Waals surface area contributed by atoms with Gasteiger partial charge in [0, 0.05) is 26.2 Å². The van der Waals surface area contributed by atoms with Crippen molar-refractivity contribution in [1.82, 2.24) is 20.2 Å². The van der Waals surface area contributed by atoms with Crippen LogP contribution in [0.4, 0.5) is 0 Å². The van der Waals surface area contributed by atoms with Crippen LogP contribution in [0.25, 0.3) is 11.0 Å². The molecule has 0 spiro atoms. The third-order valence-corrected chi connectivity index (χ3v) is 3.84. The molecule has 0 unspecified atom stereocenters. The summed E-state index contributed by atoms with van der Waals surface area (Å²) in [5.74, 6) is 2.00. The molecule has 0 bridgehead atoms. The average Bonchev–Trinajstić information content (AvgIpc) is 3.25. The summed E-state index contributed by atoms with van der Waals surface area (Å²) in [6.07, 6.45) is 3.58. The van der Waals surface area contributed by atoms with E-state index in [1.54, 1.807) is 0 Å². The fourth-order valence-electron chi connectivity index (χ4n) is 2.54. The lowest BCUT2D eigenvalue weighted by molar-refractivity contribution is 0.624. The first kappa shape index (κ1) is 13.9. The zero-order valence-electron chi connectivity index (χ0n) is 12.8. The van der Waals surface area contributed by atoms with E-state index in [0.717, 1.165) is 36.8 Å². The molecule has 0 radical (unpaired) electrons. The summed E-state index contributed by atoms with van der Waals surface area (Å²) in [6.45, 7) is 3.96. The molecule has 5 heteroatoms. The van der Waals surface area contributed by atoms with Crippen molar-refractivity contribution >= 4 is 17.0 Å². The standard InChI is InChI=1S/C16H23N5/c1-12-19-14-6-3-4-7-15(14)21(12)11-5-10-18-16(17-2)20-13-8-9-13/h3-4,6-7,13H,5,8-11H2,1-2H3,(H2,17,18,20). The van der Waals surface area contributed by atoms with Gasteiger partial charge in [0.25, 0.3) is 0 Å². The Morgan fingerprint density at radius 3 is 2.95 bits per heavy atom. The molecule has 1 heterocycles. The van der Waals surface area contributed by atoms with E-state index in [1.807, 2.05) is 13.1 Å². The molecule has 1 aromatic carbocycles. The fraction of sp³-hybridized carbons (Fsp3) is 0.500. The van der Waals surface area contributed by atoms with Crippen LogP contribution >= 0.6 is 0 Å². The number of nitrogens with one attached hydrogen (secondary N) is 2. The van der Waals surface area contributed by atoms with Gasteiger partial charge in [0.15, 0.2) is 5.96 Å². The summed E-state index contributed by atoms with van der Waals surface area (Å²) < 4.78 is 2.29. The normalized spacial score (nSPS) is 15.4. The Balaban J connectivity index is 1.53. The van der Waals surface area contributed by atoms with Crippen LogP contribution in [-0.4, -0.2) is 35.1 Å². The molecule has 21 heavy (non-hydrogen) atoms. The predicted molar refractivity (Wildman–Crippen MR) is 86.6 cm³/mol. The Morgan fingerprint density at radius 1 is 1.38 bits per heavy atom. The highest BCUT2D eigenvalue weighted by Crippen LogP contribution is 2.18. The molecule has 5 nitrogen and oxygen atoms in total. The minimum absolute atomic E-state index is 0.635. The molecule has 0 saturated heterocycles. The second-order valence-electron chi connectivity index (χ2n) is 5.57. The summed E-state index contributed by atoms with van der Waals surface area (Å²) in [6, 6.07) is 8.94. The quantitative estimate of drug-likeness (QED) is 0.502. The Labute approximate surface area is 125 Å². The number of nitrogens with zero attached hydrogens (tertiary/aromatic N) is 3. The van der Waals surface area contributed by atoms with E-state index in [0.29, 0.717) is 6.04 Å². The Bertz CT molecular complexity index is 639. The van der Waals surface area contributed by atoms with Crippen LogP contribution in [0.3, 0.4) is 0 Å². The van der Waals surface area contributed by atoms with Crippen LogP contribution in [0.5, 0.6) is 0 Å². The lowest BCUT2D eigenvalue weighted by atomic mass is 10.3. The van der Waals surface area contributed by atoms with Gasteiger partial charge in [-0.05, 0) is 38.3 Å². The van der Waals surface area contributed by atoms with Crippen molar-refractivity contribution in [2.75, 3.05) is 13.6 Å². The molecule has 0 amide bonds. The van der Waals surface area contributed by atoms with Crippen LogP contribution in [0.2, 0.25) is 0 Å². The SMILES string of the molecule is CN=C(NCCCn1c(C)nc2ccccc21)NC1CC1. The van der Waals surface area contributed by atoms with E-state index in [4.69, 9.17) is 0 Å². The van der Waals surface area contributed by atoms with Crippen LogP contribution in [0.15, 0.2) is 29.3 Å². The molecule has 1 saturated carbocycles. The molecule has 2 N–H and O–H groups in total. The first-order valence-corrected chi connectivity index (χ1v) is 7.67. The van der Waals surface area contributed by atoms with Gasteiger partial charge in [0.2, 0.25) is 0 Å². The van der Waals surface area contributed by atoms with Gasteiger partial charge in [-0.25, -0.2) is 4.98 Å². The van der Waals surface area contributed by atoms with E-state index in [9.17, 15) is 0 Å². The van der Waals surface area contributed by atoms with Gasteiger partial charge in [0.1, 0.15) is 5.82 Å². The number of fused-ring (bicyclic) bond motifs is 1. The van der Waals surface area contributed by atoms with Crippen molar-refractivity contribution in [3.8, 4) is 0 Å². The summed E-state index contributed by atoms with van der Waals surface area (Å²) >= 11 is 0. The lowest BCUT2D eigenvalue weighted by Gasteiger charge is -2.12. The Morgan fingerprint density at radius 2 is 2.19 bits per heavy atom. The number of aryl methyl sites for hydroxylation is 2. The summed E-state index contributed by atoms with van der Waals surface area (Å²) in [5, 5.41) is 6.77. The van der Waals surface area contributed by atoms with Crippen molar-refractivity contribution in [3.05, 3.63) is 30.1 Å². The summed E-state index contributed by atoms with van der Waals surface area (Å²) in [7, 11) is 1.82. The van der Waals surface area contributed by atoms with Gasteiger partial charge in [-0.15, -0.1) is 0 Å². The third kappa shape index (κ3) is 3.35. The summed E-state index contributed by atoms with van der Waals surface area (Å²) in [4.78, 5) is 8.84. The maximum Gasteiger partial charge on any atom is 0.191 e. The number of guanidine groups is 1. The van der Waals surface area contributed by atoms with Crippen molar-refractivity contribution < 1.29 is 0 Å². The second kappa shape index (κ2) is 6.16. The van der Waals surface area contributed by atoms with Crippen molar-refractivity contribution in [3.63, 3.8) is 0 Å². The number of para-hydroxylation sites is 2. The van der Waals surface area contributed by atoms with Gasteiger partial charge in [-0.1, -0.05) is 12.1 Å². The van der Waals surface area contributed by atoms with Crippen molar-refractivity contribution in [1.29, 1.82) is 0 Å². The van der Waals surface area contributed by atoms with Crippen LogP contribution in [-0.2, 0) is 6.54 Å². The molecule has 1 aromatic heterocycles. The highest BCUT2D eigenvalue weighted by Gasteiger charge is 2.21. The van der Waals surface area contributed by atoms with Crippen molar-refractivity contribution in [2.45, 2.75) is 38.8 Å². The molecular weight excluding hydrogens is 262 g/mol. The zero-order chi connectivity index (χ0) is 14.7. The lowest BCUT2D eigenvalue weighted by Crippen LogP contribution is -2.39. The molecule has 3 rings (SSSR count). The highest BCUT2D eigenvalue weighted by atomic mass is 15.2. The van der Waals surface area contributed by atoms with Crippen LogP contribution < -0.4 is 10.6 Å². The number of aromatic nitrogens is 2. The van der Waals surface area contributed by atoms with Crippen LogP contribution in [0, 0.1) is 6.92 Å². The van der Waals surface area contributed by atoms with E-state index >= 15 is 0 Å². The van der Waals surface area contributed by atoms with Gasteiger partial charge in [-0.2, -0.15) is 0 Å². The van der Waals surface area contributed by atoms with E-state index in [-0.39, 0.29) is 0 Å². The zero-order valence-corrected chi connectivity index (χ0v) is 12.8. The largest absolute Gasteiger partial charge is 0.356 e. The average molecular weight is 285 g/mol. The Hall–Kier alpha value is -2.04. The molecule has 1 fully saturated rings. The van der Waals surface area contributed by atoms with E-state index in [2.05, 4.69) is 50.3 Å². The maximum absolute atomic E-state index is 4.60. The molecule has 0 aliphatic heterocycles. The molecule has 1 aliphatic rings.